The molecule has 6 nitrogen and oxygen atoms in total. The van der Waals surface area contributed by atoms with Crippen molar-refractivity contribution >= 4 is 21.7 Å². The van der Waals surface area contributed by atoms with E-state index in [1.54, 1.807) is 19.1 Å². The van der Waals surface area contributed by atoms with Gasteiger partial charge in [0.2, 0.25) is 5.91 Å². The van der Waals surface area contributed by atoms with Gasteiger partial charge >= 0.3 is 5.97 Å². The van der Waals surface area contributed by atoms with E-state index in [-0.39, 0.29) is 23.5 Å². The Kier molecular flexibility index (Phi) is 5.90. The van der Waals surface area contributed by atoms with Crippen LogP contribution in [0.15, 0.2) is 29.2 Å². The van der Waals surface area contributed by atoms with E-state index < -0.39 is 27.8 Å². The van der Waals surface area contributed by atoms with E-state index in [0.717, 1.165) is 5.56 Å². The van der Waals surface area contributed by atoms with E-state index in [4.69, 9.17) is 5.11 Å². The third-order valence-corrected chi connectivity index (χ3v) is 4.75. The van der Waals surface area contributed by atoms with E-state index in [1.165, 1.54) is 12.1 Å². The maximum Gasteiger partial charge on any atom is 0.303 e. The Morgan fingerprint density at radius 2 is 1.76 bits per heavy atom. The Bertz CT molecular complexity index is 607. The smallest absolute Gasteiger partial charge is 0.303 e. The highest BCUT2D eigenvalue weighted by atomic mass is 32.2. The Balaban J connectivity index is 2.60. The van der Waals surface area contributed by atoms with Gasteiger partial charge in [0.05, 0.1) is 17.1 Å². The minimum absolute atomic E-state index is 0.162. The Morgan fingerprint density at radius 1 is 1.19 bits per heavy atom. The standard InChI is InChI=1S/C14H19NO5S/c1-10-3-5-12(6-4-10)21(19,20)9-11(2)15-13(16)7-8-14(17)18/h3-6,11H,7-9H2,1-2H3,(H,15,16)(H,17,18). The topological polar surface area (TPSA) is 101 Å². The Morgan fingerprint density at radius 3 is 2.29 bits per heavy atom. The molecule has 0 bridgehead atoms. The molecule has 1 aromatic rings. The van der Waals surface area contributed by atoms with Crippen LogP contribution in [0.1, 0.15) is 25.3 Å². The van der Waals surface area contributed by atoms with Crippen LogP contribution in [0.5, 0.6) is 0 Å². The molecule has 2 N–H and O–H groups in total. The van der Waals surface area contributed by atoms with Crippen LogP contribution in [-0.2, 0) is 19.4 Å². The number of hydrogen-bond acceptors (Lipinski definition) is 4. The van der Waals surface area contributed by atoms with E-state index in [2.05, 4.69) is 5.32 Å². The molecule has 0 radical (unpaired) electrons. The van der Waals surface area contributed by atoms with Crippen LogP contribution in [0.25, 0.3) is 0 Å². The van der Waals surface area contributed by atoms with E-state index in [1.807, 2.05) is 6.92 Å². The van der Waals surface area contributed by atoms with Crippen LogP contribution in [0.2, 0.25) is 0 Å². The zero-order chi connectivity index (χ0) is 16.0. The summed E-state index contributed by atoms with van der Waals surface area (Å²) in [4.78, 5) is 22.0. The van der Waals surface area contributed by atoms with Crippen molar-refractivity contribution < 1.29 is 23.1 Å². The van der Waals surface area contributed by atoms with Gasteiger partial charge in [0, 0.05) is 12.5 Å². The van der Waals surface area contributed by atoms with Crippen LogP contribution >= 0.6 is 0 Å². The van der Waals surface area contributed by atoms with Crippen LogP contribution in [-0.4, -0.2) is 37.2 Å². The number of sulfone groups is 1. The number of carboxylic acids is 1. The Labute approximate surface area is 124 Å². The summed E-state index contributed by atoms with van der Waals surface area (Å²) >= 11 is 0. The number of aryl methyl sites for hydroxylation is 1. The predicted octanol–water partition coefficient (Wildman–Crippen LogP) is 1.14. The van der Waals surface area contributed by atoms with Gasteiger partial charge < -0.3 is 10.4 Å². The lowest BCUT2D eigenvalue weighted by atomic mass is 10.2. The molecule has 0 spiro atoms. The van der Waals surface area contributed by atoms with Crippen molar-refractivity contribution in [2.24, 2.45) is 0 Å². The third kappa shape index (κ3) is 5.95. The number of aliphatic carboxylic acids is 1. The SMILES string of the molecule is Cc1ccc(S(=O)(=O)CC(C)NC(=O)CCC(=O)O)cc1. The largest absolute Gasteiger partial charge is 0.481 e. The molecule has 1 unspecified atom stereocenters. The summed E-state index contributed by atoms with van der Waals surface area (Å²) in [5.74, 6) is -1.76. The summed E-state index contributed by atoms with van der Waals surface area (Å²) in [5.41, 5.74) is 0.962. The average molecular weight is 313 g/mol. The highest BCUT2D eigenvalue weighted by molar-refractivity contribution is 7.91. The van der Waals surface area contributed by atoms with E-state index >= 15 is 0 Å². The molecule has 1 amide bonds. The van der Waals surface area contributed by atoms with Crippen molar-refractivity contribution in [3.8, 4) is 0 Å². The predicted molar refractivity (Wildman–Crippen MR) is 77.7 cm³/mol. The first-order chi connectivity index (χ1) is 9.70. The number of hydrogen-bond donors (Lipinski definition) is 2. The van der Waals surface area contributed by atoms with Crippen molar-refractivity contribution in [2.45, 2.75) is 37.6 Å². The molecule has 0 saturated heterocycles. The quantitative estimate of drug-likeness (QED) is 0.786. The highest BCUT2D eigenvalue weighted by Crippen LogP contribution is 2.13. The number of carbonyl (C=O) groups is 2. The van der Waals surface area contributed by atoms with Gasteiger partial charge in [-0.3, -0.25) is 9.59 Å². The number of benzene rings is 1. The molecule has 116 valence electrons. The van der Waals surface area contributed by atoms with E-state index in [9.17, 15) is 18.0 Å². The molecule has 0 aromatic heterocycles. The van der Waals surface area contributed by atoms with Crippen LogP contribution in [0.3, 0.4) is 0 Å². The van der Waals surface area contributed by atoms with Gasteiger partial charge in [0.15, 0.2) is 9.84 Å². The molecule has 7 heteroatoms. The summed E-state index contributed by atoms with van der Waals surface area (Å²) in [5, 5.41) is 11.0. The van der Waals surface area contributed by atoms with Crippen LogP contribution < -0.4 is 5.32 Å². The summed E-state index contributed by atoms with van der Waals surface area (Å²) in [7, 11) is -3.48. The van der Waals surface area contributed by atoms with Crippen molar-refractivity contribution in [1.29, 1.82) is 0 Å². The minimum atomic E-state index is -3.48. The lowest BCUT2D eigenvalue weighted by Gasteiger charge is -2.14. The maximum atomic E-state index is 12.2. The lowest BCUT2D eigenvalue weighted by molar-refractivity contribution is -0.138. The third-order valence-electron chi connectivity index (χ3n) is 2.82. The van der Waals surface area contributed by atoms with Gasteiger partial charge in [-0.25, -0.2) is 8.42 Å². The first-order valence-electron chi connectivity index (χ1n) is 6.51. The zero-order valence-electron chi connectivity index (χ0n) is 12.0. The normalized spacial score (nSPS) is 12.7. The summed E-state index contributed by atoms with van der Waals surface area (Å²) < 4.78 is 24.3. The maximum absolute atomic E-state index is 12.2. The summed E-state index contributed by atoms with van der Waals surface area (Å²) in [6, 6.07) is 5.90. The summed E-state index contributed by atoms with van der Waals surface area (Å²) in [6.07, 6.45) is -0.437. The van der Waals surface area contributed by atoms with Gasteiger partial charge in [0.25, 0.3) is 0 Å². The average Bonchev–Trinajstić information content (AvgIpc) is 2.36. The fourth-order valence-corrected chi connectivity index (χ4v) is 3.26. The molecule has 0 aliphatic rings. The second kappa shape index (κ2) is 7.21. The molecular weight excluding hydrogens is 294 g/mol. The second-order valence-corrected chi connectivity index (χ2v) is 6.99. The van der Waals surface area contributed by atoms with Gasteiger partial charge in [-0.15, -0.1) is 0 Å². The first-order valence-corrected chi connectivity index (χ1v) is 8.16. The van der Waals surface area contributed by atoms with Gasteiger partial charge in [-0.2, -0.15) is 0 Å². The summed E-state index contributed by atoms with van der Waals surface area (Å²) in [6.45, 7) is 3.44. The molecule has 0 fully saturated rings. The fraction of sp³-hybridized carbons (Fsp3) is 0.429. The molecule has 0 aliphatic carbocycles. The number of carboxylic acid groups (broad SMARTS) is 1. The molecule has 0 heterocycles. The zero-order valence-corrected chi connectivity index (χ0v) is 12.8. The number of rotatable bonds is 7. The van der Waals surface area contributed by atoms with Gasteiger partial charge in [-0.1, -0.05) is 17.7 Å². The van der Waals surface area contributed by atoms with Crippen molar-refractivity contribution in [1.82, 2.24) is 5.32 Å². The van der Waals surface area contributed by atoms with Gasteiger partial charge in [0.1, 0.15) is 0 Å². The van der Waals surface area contributed by atoms with E-state index in [0.29, 0.717) is 0 Å². The molecule has 21 heavy (non-hydrogen) atoms. The molecule has 1 atom stereocenters. The lowest BCUT2D eigenvalue weighted by Crippen LogP contribution is -2.37. The Hall–Kier alpha value is -1.89. The number of carbonyl (C=O) groups excluding carboxylic acids is 1. The van der Waals surface area contributed by atoms with Crippen LogP contribution in [0.4, 0.5) is 0 Å². The first kappa shape index (κ1) is 17.2. The van der Waals surface area contributed by atoms with Crippen molar-refractivity contribution in [3.63, 3.8) is 0 Å². The monoisotopic (exact) mass is 313 g/mol. The van der Waals surface area contributed by atoms with Crippen LogP contribution in [0, 0.1) is 6.92 Å². The number of nitrogens with one attached hydrogen (secondary N) is 1. The fourth-order valence-electron chi connectivity index (χ4n) is 1.78. The molecule has 1 aromatic carbocycles. The highest BCUT2D eigenvalue weighted by Gasteiger charge is 2.19. The molecule has 1 rings (SSSR count). The van der Waals surface area contributed by atoms with Crippen molar-refractivity contribution in [2.75, 3.05) is 5.75 Å². The molecule has 0 aliphatic heterocycles. The minimum Gasteiger partial charge on any atom is -0.481 e. The second-order valence-electron chi connectivity index (χ2n) is 4.96. The molecule has 0 saturated carbocycles. The molecular formula is C14H19NO5S. The van der Waals surface area contributed by atoms with Crippen molar-refractivity contribution in [3.05, 3.63) is 29.8 Å². The van der Waals surface area contributed by atoms with Gasteiger partial charge in [-0.05, 0) is 26.0 Å². The number of amides is 1.